The van der Waals surface area contributed by atoms with Crippen LogP contribution in [0, 0.1) is 5.41 Å². The SMILES string of the molecule is CC(C)(C)CCC(=O)CN(Cc1ccccc1)C(=O)OC(C)(C)C. The summed E-state index contributed by atoms with van der Waals surface area (Å²) in [7, 11) is 0. The van der Waals surface area contributed by atoms with Crippen molar-refractivity contribution in [3.05, 3.63) is 35.9 Å². The molecule has 1 rings (SSSR count). The Balaban J connectivity index is 2.77. The minimum atomic E-state index is -0.583. The number of ether oxygens (including phenoxy) is 1. The number of hydrogen-bond donors (Lipinski definition) is 0. The molecule has 0 aliphatic rings. The second-order valence-corrected chi connectivity index (χ2v) is 8.42. The third kappa shape index (κ3) is 8.70. The van der Waals surface area contributed by atoms with Gasteiger partial charge in [0.15, 0.2) is 5.78 Å². The smallest absolute Gasteiger partial charge is 0.410 e. The molecule has 0 atom stereocenters. The van der Waals surface area contributed by atoms with Gasteiger partial charge in [0.2, 0.25) is 0 Å². The van der Waals surface area contributed by atoms with E-state index in [0.29, 0.717) is 13.0 Å². The highest BCUT2D eigenvalue weighted by Gasteiger charge is 2.24. The molecule has 0 N–H and O–H groups in total. The molecule has 0 radical (unpaired) electrons. The van der Waals surface area contributed by atoms with Gasteiger partial charge in [-0.3, -0.25) is 9.69 Å². The highest BCUT2D eigenvalue weighted by atomic mass is 16.6. The number of rotatable bonds is 6. The molecule has 0 saturated carbocycles. The number of nitrogens with zero attached hydrogens (tertiary/aromatic N) is 1. The number of carbonyl (C=O) groups is 2. The molecule has 0 aliphatic carbocycles. The predicted octanol–water partition coefficient (Wildman–Crippen LogP) is 4.82. The zero-order chi connectivity index (χ0) is 18.4. The normalized spacial score (nSPS) is 11.9. The number of carbonyl (C=O) groups excluding carboxylic acids is 2. The molecule has 134 valence electrons. The second kappa shape index (κ2) is 8.32. The summed E-state index contributed by atoms with van der Waals surface area (Å²) in [6.45, 7) is 12.3. The summed E-state index contributed by atoms with van der Waals surface area (Å²) in [5.41, 5.74) is 0.499. The molecular weight excluding hydrogens is 302 g/mol. The second-order valence-electron chi connectivity index (χ2n) is 8.42. The van der Waals surface area contributed by atoms with E-state index in [1.54, 1.807) is 0 Å². The molecule has 0 fully saturated rings. The Hall–Kier alpha value is -1.84. The summed E-state index contributed by atoms with van der Waals surface area (Å²) in [4.78, 5) is 26.3. The molecule has 0 aromatic heterocycles. The topological polar surface area (TPSA) is 46.6 Å². The van der Waals surface area contributed by atoms with E-state index in [-0.39, 0.29) is 17.7 Å². The van der Waals surface area contributed by atoms with Gasteiger partial charge in [0.05, 0.1) is 6.54 Å². The molecule has 4 heteroatoms. The van der Waals surface area contributed by atoms with Crippen LogP contribution in [0.3, 0.4) is 0 Å². The first kappa shape index (κ1) is 20.2. The Labute approximate surface area is 146 Å². The highest BCUT2D eigenvalue weighted by molar-refractivity contribution is 5.84. The fraction of sp³-hybridized carbons (Fsp3) is 0.600. The molecule has 0 aliphatic heterocycles. The standard InChI is InChI=1S/C20H31NO3/c1-19(2,3)13-12-17(22)15-21(18(23)24-20(4,5)6)14-16-10-8-7-9-11-16/h7-11H,12-15H2,1-6H3. The maximum Gasteiger partial charge on any atom is 0.410 e. The predicted molar refractivity (Wildman–Crippen MR) is 96.8 cm³/mol. The van der Waals surface area contributed by atoms with Gasteiger partial charge in [-0.15, -0.1) is 0 Å². The Bertz CT molecular complexity index is 538. The molecule has 1 amide bonds. The molecular formula is C20H31NO3. The molecule has 1 aromatic rings. The number of amides is 1. The van der Waals surface area contributed by atoms with Gasteiger partial charge in [0.25, 0.3) is 0 Å². The average Bonchev–Trinajstić information content (AvgIpc) is 2.43. The van der Waals surface area contributed by atoms with E-state index in [0.717, 1.165) is 12.0 Å². The lowest BCUT2D eigenvalue weighted by atomic mass is 9.89. The monoisotopic (exact) mass is 333 g/mol. The summed E-state index contributed by atoms with van der Waals surface area (Å²) in [6, 6.07) is 9.65. The molecule has 0 heterocycles. The van der Waals surface area contributed by atoms with Gasteiger partial charge < -0.3 is 4.74 Å². The first-order valence-electron chi connectivity index (χ1n) is 8.50. The van der Waals surface area contributed by atoms with Crippen molar-refractivity contribution in [2.45, 2.75) is 66.5 Å². The Morgan fingerprint density at radius 2 is 1.58 bits per heavy atom. The van der Waals surface area contributed by atoms with Gasteiger partial charge in [0.1, 0.15) is 5.60 Å². The van der Waals surface area contributed by atoms with Crippen LogP contribution in [0.2, 0.25) is 0 Å². The number of Topliss-reactive ketones (excluding diaryl/α,β-unsaturated/α-hetero) is 1. The van der Waals surface area contributed by atoms with Crippen molar-refractivity contribution in [3.63, 3.8) is 0 Å². The maximum absolute atomic E-state index is 12.5. The van der Waals surface area contributed by atoms with Crippen LogP contribution in [0.1, 0.15) is 59.9 Å². The van der Waals surface area contributed by atoms with E-state index in [4.69, 9.17) is 4.74 Å². The van der Waals surface area contributed by atoms with Gasteiger partial charge in [0, 0.05) is 13.0 Å². The summed E-state index contributed by atoms with van der Waals surface area (Å²) in [5, 5.41) is 0. The van der Waals surface area contributed by atoms with Crippen LogP contribution in [0.5, 0.6) is 0 Å². The first-order valence-corrected chi connectivity index (χ1v) is 8.50. The van der Waals surface area contributed by atoms with Gasteiger partial charge in [-0.1, -0.05) is 51.1 Å². The van der Waals surface area contributed by atoms with Crippen LogP contribution in [0.4, 0.5) is 4.79 Å². The molecule has 0 unspecified atom stereocenters. The van der Waals surface area contributed by atoms with Crippen LogP contribution in [-0.4, -0.2) is 28.9 Å². The third-order valence-electron chi connectivity index (χ3n) is 3.39. The van der Waals surface area contributed by atoms with E-state index in [9.17, 15) is 9.59 Å². The van der Waals surface area contributed by atoms with Gasteiger partial charge in [-0.2, -0.15) is 0 Å². The lowest BCUT2D eigenvalue weighted by molar-refractivity contribution is -0.120. The van der Waals surface area contributed by atoms with E-state index < -0.39 is 11.7 Å². The van der Waals surface area contributed by atoms with Crippen LogP contribution in [0.25, 0.3) is 0 Å². The van der Waals surface area contributed by atoms with E-state index in [1.165, 1.54) is 4.90 Å². The maximum atomic E-state index is 12.5. The Morgan fingerprint density at radius 3 is 2.08 bits per heavy atom. The molecule has 4 nitrogen and oxygen atoms in total. The van der Waals surface area contributed by atoms with Crippen LogP contribution in [-0.2, 0) is 16.1 Å². The van der Waals surface area contributed by atoms with E-state index in [2.05, 4.69) is 20.8 Å². The summed E-state index contributed by atoms with van der Waals surface area (Å²) in [5.74, 6) is 0.0618. The van der Waals surface area contributed by atoms with Crippen LogP contribution >= 0.6 is 0 Å². The van der Waals surface area contributed by atoms with Crippen LogP contribution < -0.4 is 0 Å². The molecule has 0 spiro atoms. The van der Waals surface area contributed by atoms with Crippen molar-refractivity contribution >= 4 is 11.9 Å². The lowest BCUT2D eigenvalue weighted by Crippen LogP contribution is -2.39. The van der Waals surface area contributed by atoms with Gasteiger partial charge in [-0.25, -0.2) is 4.79 Å². The zero-order valence-electron chi connectivity index (χ0n) is 15.9. The molecule has 1 aromatic carbocycles. The quantitative estimate of drug-likeness (QED) is 0.750. The average molecular weight is 333 g/mol. The van der Waals surface area contributed by atoms with E-state index in [1.807, 2.05) is 51.1 Å². The number of benzene rings is 1. The third-order valence-corrected chi connectivity index (χ3v) is 3.39. The van der Waals surface area contributed by atoms with Crippen molar-refractivity contribution < 1.29 is 14.3 Å². The first-order chi connectivity index (χ1) is 11.0. The Morgan fingerprint density at radius 1 is 1.00 bits per heavy atom. The van der Waals surface area contributed by atoms with Crippen molar-refractivity contribution in [3.8, 4) is 0 Å². The molecule has 0 bridgehead atoms. The van der Waals surface area contributed by atoms with Crippen molar-refractivity contribution in [1.82, 2.24) is 4.90 Å². The van der Waals surface area contributed by atoms with Crippen molar-refractivity contribution in [2.24, 2.45) is 5.41 Å². The fourth-order valence-electron chi connectivity index (χ4n) is 2.12. The lowest BCUT2D eigenvalue weighted by Gasteiger charge is -2.27. The van der Waals surface area contributed by atoms with Crippen molar-refractivity contribution in [1.29, 1.82) is 0 Å². The fourth-order valence-corrected chi connectivity index (χ4v) is 2.12. The van der Waals surface area contributed by atoms with Crippen LogP contribution in [0.15, 0.2) is 30.3 Å². The van der Waals surface area contributed by atoms with Gasteiger partial charge in [-0.05, 0) is 38.2 Å². The minimum Gasteiger partial charge on any atom is -0.444 e. The minimum absolute atomic E-state index is 0.0618. The largest absolute Gasteiger partial charge is 0.444 e. The zero-order valence-corrected chi connectivity index (χ0v) is 15.9. The Kier molecular flexibility index (Phi) is 7.00. The van der Waals surface area contributed by atoms with Crippen molar-refractivity contribution in [2.75, 3.05) is 6.54 Å². The van der Waals surface area contributed by atoms with Gasteiger partial charge >= 0.3 is 6.09 Å². The molecule has 24 heavy (non-hydrogen) atoms. The number of ketones is 1. The summed E-state index contributed by atoms with van der Waals surface area (Å²) in [6.07, 6.45) is 0.826. The highest BCUT2D eigenvalue weighted by Crippen LogP contribution is 2.21. The van der Waals surface area contributed by atoms with E-state index >= 15 is 0 Å². The summed E-state index contributed by atoms with van der Waals surface area (Å²) < 4.78 is 5.45. The summed E-state index contributed by atoms with van der Waals surface area (Å²) >= 11 is 0. The molecule has 0 saturated heterocycles. The number of hydrogen-bond acceptors (Lipinski definition) is 3.